The van der Waals surface area contributed by atoms with Gasteiger partial charge in [-0.25, -0.2) is 9.07 Å². The summed E-state index contributed by atoms with van der Waals surface area (Å²) >= 11 is 0. The Balaban J connectivity index is 1.65. The molecule has 0 spiro atoms. The number of terminal acetylenes is 1. The number of hydrogen-bond donors (Lipinski definition) is 1. The Hall–Kier alpha value is -3.18. The van der Waals surface area contributed by atoms with Crippen LogP contribution < -0.4 is 4.74 Å². The fourth-order valence-corrected chi connectivity index (χ4v) is 3.84. The molecule has 6 nitrogen and oxygen atoms in total. The lowest BCUT2D eigenvalue weighted by Gasteiger charge is -2.25. The normalized spacial score (nSPS) is 14.3. The summed E-state index contributed by atoms with van der Waals surface area (Å²) in [6, 6.07) is 16.5. The molecule has 2 aromatic carbocycles. The molecular weight excluding hydrogens is 421 g/mol. The van der Waals surface area contributed by atoms with Gasteiger partial charge in [0.2, 0.25) is 5.88 Å². The quantitative estimate of drug-likeness (QED) is 0.354. The van der Waals surface area contributed by atoms with Gasteiger partial charge >= 0.3 is 0 Å². The van der Waals surface area contributed by atoms with Gasteiger partial charge in [-0.05, 0) is 25.0 Å². The van der Waals surface area contributed by atoms with Crippen LogP contribution in [0.3, 0.4) is 0 Å². The second-order valence-electron chi connectivity index (χ2n) is 8.19. The molecule has 1 atom stereocenters. The van der Waals surface area contributed by atoms with Crippen LogP contribution >= 0.6 is 0 Å². The van der Waals surface area contributed by atoms with E-state index in [9.17, 15) is 9.50 Å². The predicted molar refractivity (Wildman–Crippen MR) is 124 cm³/mol. The third-order valence-electron chi connectivity index (χ3n) is 5.54. The summed E-state index contributed by atoms with van der Waals surface area (Å²) in [4.78, 5) is 2.21. The Morgan fingerprint density at radius 3 is 2.64 bits per heavy atom. The predicted octanol–water partition coefficient (Wildman–Crippen LogP) is 3.99. The molecule has 3 aromatic rings. The molecule has 0 radical (unpaired) electrons. The van der Waals surface area contributed by atoms with E-state index in [1.54, 1.807) is 29.9 Å². The minimum atomic E-state index is -0.674. The van der Waals surface area contributed by atoms with E-state index in [-0.39, 0.29) is 19.0 Å². The van der Waals surface area contributed by atoms with Crippen LogP contribution in [0.5, 0.6) is 11.6 Å². The molecule has 0 saturated heterocycles. The van der Waals surface area contributed by atoms with E-state index in [0.29, 0.717) is 25.0 Å². The molecule has 1 saturated carbocycles. The third-order valence-corrected chi connectivity index (χ3v) is 5.54. The number of aromatic nitrogens is 2. The van der Waals surface area contributed by atoms with Crippen molar-refractivity contribution in [3.05, 3.63) is 66.0 Å². The van der Waals surface area contributed by atoms with Crippen LogP contribution in [-0.2, 0) is 18.3 Å². The summed E-state index contributed by atoms with van der Waals surface area (Å²) in [6.07, 6.45) is 6.67. The highest BCUT2D eigenvalue weighted by molar-refractivity contribution is 5.65. The van der Waals surface area contributed by atoms with Crippen molar-refractivity contribution in [1.29, 1.82) is 0 Å². The first kappa shape index (κ1) is 23.0. The minimum absolute atomic E-state index is 0.141. The Bertz CT molecular complexity index is 1110. The van der Waals surface area contributed by atoms with Gasteiger partial charge in [0.25, 0.3) is 0 Å². The number of aliphatic hydroxyl groups is 1. The molecule has 1 N–H and O–H groups in total. The van der Waals surface area contributed by atoms with E-state index in [2.05, 4.69) is 10.8 Å². The Morgan fingerprint density at radius 2 is 1.94 bits per heavy atom. The maximum atomic E-state index is 14.4. The van der Waals surface area contributed by atoms with Gasteiger partial charge in [0.1, 0.15) is 12.3 Å². The summed E-state index contributed by atoms with van der Waals surface area (Å²) in [6.45, 7) is 1.27. The standard InChI is InChI=1S/C26H28FN3O3/c1-3-15-32-18-21(31)16-30(20-13-14-20)17-22-25(19-9-5-4-6-10-19)28-29(2)26(22)33-24-12-8-7-11-23(24)27/h1,4-12,20-21,31H,13-18H2,2H3/t21-/m1/s1. The first-order chi connectivity index (χ1) is 16.1. The molecule has 0 aliphatic heterocycles. The van der Waals surface area contributed by atoms with Crippen LogP contribution in [0.1, 0.15) is 18.4 Å². The molecule has 7 heteroatoms. The van der Waals surface area contributed by atoms with Crippen molar-refractivity contribution in [3.63, 3.8) is 0 Å². The van der Waals surface area contributed by atoms with Gasteiger partial charge < -0.3 is 14.6 Å². The fraction of sp³-hybridized carbons (Fsp3) is 0.346. The van der Waals surface area contributed by atoms with Gasteiger partial charge in [0, 0.05) is 31.7 Å². The topological polar surface area (TPSA) is 59.8 Å². The van der Waals surface area contributed by atoms with E-state index in [1.807, 2.05) is 30.3 Å². The van der Waals surface area contributed by atoms with E-state index in [4.69, 9.17) is 21.0 Å². The van der Waals surface area contributed by atoms with E-state index < -0.39 is 11.9 Å². The molecular formula is C26H28FN3O3. The molecule has 1 fully saturated rings. The first-order valence-corrected chi connectivity index (χ1v) is 11.0. The number of halogens is 1. The van der Waals surface area contributed by atoms with Gasteiger partial charge in [-0.15, -0.1) is 6.42 Å². The number of ether oxygens (including phenoxy) is 2. The van der Waals surface area contributed by atoms with Crippen LogP contribution in [0.25, 0.3) is 11.3 Å². The van der Waals surface area contributed by atoms with Gasteiger partial charge in [0.15, 0.2) is 11.6 Å². The number of para-hydroxylation sites is 1. The largest absolute Gasteiger partial charge is 0.436 e. The zero-order valence-corrected chi connectivity index (χ0v) is 18.7. The van der Waals surface area contributed by atoms with Crippen LogP contribution in [0.2, 0.25) is 0 Å². The lowest BCUT2D eigenvalue weighted by Crippen LogP contribution is -2.36. The van der Waals surface area contributed by atoms with Crippen molar-refractivity contribution in [3.8, 4) is 35.2 Å². The fourth-order valence-electron chi connectivity index (χ4n) is 3.84. The van der Waals surface area contributed by atoms with Crippen molar-refractivity contribution in [2.24, 2.45) is 7.05 Å². The molecule has 1 aliphatic rings. The molecule has 4 rings (SSSR count). The number of aliphatic hydroxyl groups excluding tert-OH is 1. The SMILES string of the molecule is C#CCOC[C@H](O)CN(Cc1c(-c2ccccc2)nn(C)c1Oc1ccccc1F)C1CC1. The van der Waals surface area contributed by atoms with Gasteiger partial charge in [-0.2, -0.15) is 5.10 Å². The molecule has 0 bridgehead atoms. The Morgan fingerprint density at radius 1 is 1.21 bits per heavy atom. The van der Waals surface area contributed by atoms with Crippen molar-refractivity contribution in [1.82, 2.24) is 14.7 Å². The zero-order chi connectivity index (χ0) is 23.2. The van der Waals surface area contributed by atoms with Crippen molar-refractivity contribution >= 4 is 0 Å². The number of hydrogen-bond acceptors (Lipinski definition) is 5. The average Bonchev–Trinajstić information content (AvgIpc) is 3.62. The maximum Gasteiger partial charge on any atom is 0.222 e. The average molecular weight is 450 g/mol. The molecule has 0 amide bonds. The van der Waals surface area contributed by atoms with Crippen LogP contribution in [0.4, 0.5) is 4.39 Å². The van der Waals surface area contributed by atoms with Crippen molar-refractivity contribution in [2.75, 3.05) is 19.8 Å². The highest BCUT2D eigenvalue weighted by Gasteiger charge is 2.33. The van der Waals surface area contributed by atoms with Crippen LogP contribution in [0.15, 0.2) is 54.6 Å². The van der Waals surface area contributed by atoms with E-state index >= 15 is 0 Å². The first-order valence-electron chi connectivity index (χ1n) is 11.0. The zero-order valence-electron chi connectivity index (χ0n) is 18.7. The molecule has 0 unspecified atom stereocenters. The number of aryl methyl sites for hydroxylation is 1. The second kappa shape index (κ2) is 10.6. The highest BCUT2D eigenvalue weighted by Crippen LogP contribution is 2.37. The minimum Gasteiger partial charge on any atom is -0.436 e. The molecule has 172 valence electrons. The molecule has 1 aromatic heterocycles. The van der Waals surface area contributed by atoms with Gasteiger partial charge in [0.05, 0.1) is 18.3 Å². The lowest BCUT2D eigenvalue weighted by atomic mass is 10.1. The number of benzene rings is 2. The lowest BCUT2D eigenvalue weighted by molar-refractivity contribution is 0.0241. The van der Waals surface area contributed by atoms with E-state index in [1.165, 1.54) is 6.07 Å². The Kier molecular flexibility index (Phi) is 7.40. The summed E-state index contributed by atoms with van der Waals surface area (Å²) < 4.78 is 27.4. The van der Waals surface area contributed by atoms with E-state index in [0.717, 1.165) is 29.7 Å². The summed E-state index contributed by atoms with van der Waals surface area (Å²) in [5.41, 5.74) is 2.56. The summed E-state index contributed by atoms with van der Waals surface area (Å²) in [5, 5.41) is 15.2. The van der Waals surface area contributed by atoms with Gasteiger partial charge in [-0.1, -0.05) is 48.4 Å². The maximum absolute atomic E-state index is 14.4. The second-order valence-corrected chi connectivity index (χ2v) is 8.19. The molecule has 33 heavy (non-hydrogen) atoms. The third kappa shape index (κ3) is 5.79. The van der Waals surface area contributed by atoms with Crippen LogP contribution in [-0.4, -0.2) is 51.7 Å². The monoisotopic (exact) mass is 449 g/mol. The Labute approximate surface area is 193 Å². The smallest absolute Gasteiger partial charge is 0.222 e. The number of rotatable bonds is 11. The van der Waals surface area contributed by atoms with Crippen molar-refractivity contribution in [2.45, 2.75) is 31.5 Å². The highest BCUT2D eigenvalue weighted by atomic mass is 19.1. The number of nitrogens with zero attached hydrogens (tertiary/aromatic N) is 3. The van der Waals surface area contributed by atoms with Gasteiger partial charge in [-0.3, -0.25) is 4.90 Å². The van der Waals surface area contributed by atoms with Crippen LogP contribution in [0, 0.1) is 18.2 Å². The summed E-state index contributed by atoms with van der Waals surface area (Å²) in [5.74, 6) is 2.59. The van der Waals surface area contributed by atoms with Crippen molar-refractivity contribution < 1.29 is 19.0 Å². The summed E-state index contributed by atoms with van der Waals surface area (Å²) in [7, 11) is 1.79. The molecule has 1 heterocycles. The molecule has 1 aliphatic carbocycles.